The second-order valence-electron chi connectivity index (χ2n) is 3.71. The minimum atomic E-state index is -1.38. The Kier molecular flexibility index (Phi) is 2.54. The van der Waals surface area contributed by atoms with Gasteiger partial charge in [0.05, 0.1) is 11.9 Å². The number of pyridine rings is 1. The van der Waals surface area contributed by atoms with Gasteiger partial charge in [-0.3, -0.25) is 4.40 Å². The third-order valence-corrected chi connectivity index (χ3v) is 2.30. The van der Waals surface area contributed by atoms with Crippen LogP contribution in [0.1, 0.15) is 18.8 Å². The van der Waals surface area contributed by atoms with Crippen molar-refractivity contribution < 1.29 is 8.78 Å². The first-order valence-corrected chi connectivity index (χ1v) is 4.72. The van der Waals surface area contributed by atoms with Gasteiger partial charge in [-0.2, -0.15) is 0 Å². The number of hydrogen-bond donors (Lipinski definition) is 0. The number of nitrogens with zero attached hydrogens (tertiary/aromatic N) is 2. The van der Waals surface area contributed by atoms with Gasteiger partial charge in [0.2, 0.25) is 0 Å². The van der Waals surface area contributed by atoms with E-state index in [4.69, 9.17) is 7.85 Å². The van der Waals surface area contributed by atoms with Crippen LogP contribution in [-0.2, 0) is 0 Å². The molecule has 16 heavy (non-hydrogen) atoms. The molecule has 0 fully saturated rings. The van der Waals surface area contributed by atoms with Gasteiger partial charge < -0.3 is 0 Å². The van der Waals surface area contributed by atoms with E-state index in [2.05, 4.69) is 11.6 Å². The molecule has 2 nitrogen and oxygen atoms in total. The molecule has 0 spiro atoms. The van der Waals surface area contributed by atoms with Crippen LogP contribution in [0.5, 0.6) is 0 Å². The fourth-order valence-corrected chi connectivity index (χ4v) is 1.52. The van der Waals surface area contributed by atoms with Crippen molar-refractivity contribution in [2.45, 2.75) is 13.1 Å². The molecule has 80 valence electrons. The summed E-state index contributed by atoms with van der Waals surface area (Å²) in [5.41, 5.74) is 0.851. The Morgan fingerprint density at radius 3 is 2.94 bits per heavy atom. The number of hydrogen-bond acceptors (Lipinski definition) is 1. The van der Waals surface area contributed by atoms with Gasteiger partial charge in [0, 0.05) is 6.20 Å². The normalized spacial score (nSPS) is 12.9. The van der Waals surface area contributed by atoms with Crippen LogP contribution in [0.4, 0.5) is 8.78 Å². The zero-order valence-electron chi connectivity index (χ0n) is 8.74. The monoisotopic (exact) mass is 218 g/mol. The third-order valence-electron chi connectivity index (χ3n) is 2.30. The topological polar surface area (TPSA) is 17.3 Å². The van der Waals surface area contributed by atoms with Gasteiger partial charge in [0.25, 0.3) is 0 Å². The average molecular weight is 218 g/mol. The molecule has 0 aliphatic heterocycles. The van der Waals surface area contributed by atoms with Crippen molar-refractivity contribution in [2.24, 2.45) is 0 Å². The zero-order chi connectivity index (χ0) is 11.9. The SMILES string of the molecule is [B]c1cc(F)c2ncc(C(F)C(=C)C)n2c1. The molecular formula is C11H9BF2N2. The maximum absolute atomic E-state index is 13.8. The molecule has 0 N–H and O–H groups in total. The summed E-state index contributed by atoms with van der Waals surface area (Å²) in [5.74, 6) is -0.569. The highest BCUT2D eigenvalue weighted by Crippen LogP contribution is 2.25. The summed E-state index contributed by atoms with van der Waals surface area (Å²) in [6, 6.07) is 1.15. The van der Waals surface area contributed by atoms with Crippen LogP contribution in [0.3, 0.4) is 0 Å². The van der Waals surface area contributed by atoms with Gasteiger partial charge in [-0.25, -0.2) is 13.8 Å². The van der Waals surface area contributed by atoms with Crippen LogP contribution < -0.4 is 5.46 Å². The van der Waals surface area contributed by atoms with Crippen LogP contribution >= 0.6 is 0 Å². The zero-order valence-corrected chi connectivity index (χ0v) is 8.74. The average Bonchev–Trinajstić information content (AvgIpc) is 2.60. The maximum Gasteiger partial charge on any atom is 0.173 e. The Morgan fingerprint density at radius 2 is 2.31 bits per heavy atom. The number of halogens is 2. The summed E-state index contributed by atoms with van der Waals surface area (Å²) in [6.45, 7) is 5.08. The van der Waals surface area contributed by atoms with Crippen LogP contribution in [0.2, 0.25) is 0 Å². The first-order valence-electron chi connectivity index (χ1n) is 4.72. The van der Waals surface area contributed by atoms with E-state index >= 15 is 0 Å². The molecule has 2 radical (unpaired) electrons. The summed E-state index contributed by atoms with van der Waals surface area (Å²) in [6.07, 6.45) is 1.35. The number of imidazole rings is 1. The Morgan fingerprint density at radius 1 is 1.62 bits per heavy atom. The third kappa shape index (κ3) is 1.62. The molecule has 2 aromatic rings. The molecule has 0 aromatic carbocycles. The van der Waals surface area contributed by atoms with Gasteiger partial charge in [0.15, 0.2) is 17.6 Å². The van der Waals surface area contributed by atoms with E-state index in [0.717, 1.165) is 6.07 Å². The Balaban J connectivity index is 2.69. The lowest BCUT2D eigenvalue weighted by atomic mass is 9.99. The van der Waals surface area contributed by atoms with Crippen molar-refractivity contribution >= 4 is 19.0 Å². The molecule has 2 rings (SSSR count). The summed E-state index contributed by atoms with van der Waals surface area (Å²) in [7, 11) is 5.50. The molecule has 0 aliphatic carbocycles. The van der Waals surface area contributed by atoms with Crippen molar-refractivity contribution in [1.29, 1.82) is 0 Å². The summed E-state index contributed by atoms with van der Waals surface area (Å²) < 4.78 is 28.5. The van der Waals surface area contributed by atoms with Crippen molar-refractivity contribution in [3.8, 4) is 0 Å². The highest BCUT2D eigenvalue weighted by molar-refractivity contribution is 6.32. The standard InChI is InChI=1S/C11H9BF2N2/c1-6(2)10(14)9-4-15-11-8(13)3-7(12)5-16(9)11/h3-5,10H,1H2,2H3. The Bertz CT molecular complexity index is 562. The van der Waals surface area contributed by atoms with E-state index in [0.29, 0.717) is 5.57 Å². The lowest BCUT2D eigenvalue weighted by Crippen LogP contribution is -2.09. The molecule has 0 saturated carbocycles. The first-order chi connectivity index (χ1) is 7.50. The van der Waals surface area contributed by atoms with E-state index in [1.54, 1.807) is 6.92 Å². The highest BCUT2D eigenvalue weighted by Gasteiger charge is 2.17. The lowest BCUT2D eigenvalue weighted by Gasteiger charge is -2.08. The Hall–Kier alpha value is -1.65. The smallest absolute Gasteiger partial charge is 0.173 e. The van der Waals surface area contributed by atoms with Gasteiger partial charge in [0.1, 0.15) is 7.85 Å². The Labute approximate surface area is 93.0 Å². The van der Waals surface area contributed by atoms with Gasteiger partial charge in [-0.05, 0) is 18.6 Å². The molecule has 5 heteroatoms. The van der Waals surface area contributed by atoms with Crippen molar-refractivity contribution in [1.82, 2.24) is 9.38 Å². The molecule has 0 amide bonds. The number of allylic oxidation sites excluding steroid dienone is 1. The minimum Gasteiger partial charge on any atom is -0.299 e. The van der Waals surface area contributed by atoms with Gasteiger partial charge >= 0.3 is 0 Å². The molecule has 1 atom stereocenters. The molecule has 2 aromatic heterocycles. The van der Waals surface area contributed by atoms with Crippen LogP contribution in [0.15, 0.2) is 30.6 Å². The van der Waals surface area contributed by atoms with Gasteiger partial charge in [-0.1, -0.05) is 12.0 Å². The quantitative estimate of drug-likeness (QED) is 0.555. The van der Waals surface area contributed by atoms with E-state index < -0.39 is 12.0 Å². The van der Waals surface area contributed by atoms with E-state index in [-0.39, 0.29) is 16.8 Å². The number of aromatic nitrogens is 2. The van der Waals surface area contributed by atoms with Crippen LogP contribution in [0.25, 0.3) is 5.65 Å². The lowest BCUT2D eigenvalue weighted by molar-refractivity contribution is 0.385. The fourth-order valence-electron chi connectivity index (χ4n) is 1.52. The highest BCUT2D eigenvalue weighted by atomic mass is 19.1. The van der Waals surface area contributed by atoms with Crippen molar-refractivity contribution in [2.75, 3.05) is 0 Å². The van der Waals surface area contributed by atoms with Crippen LogP contribution in [0, 0.1) is 5.82 Å². The number of fused-ring (bicyclic) bond motifs is 1. The van der Waals surface area contributed by atoms with E-state index in [1.807, 2.05) is 0 Å². The molecule has 2 heterocycles. The fraction of sp³-hybridized carbons (Fsp3) is 0.182. The summed E-state index contributed by atoms with van der Waals surface area (Å²) in [5, 5.41) is 0. The second kappa shape index (κ2) is 3.74. The van der Waals surface area contributed by atoms with Crippen molar-refractivity contribution in [3.05, 3.63) is 42.1 Å². The number of rotatable bonds is 2. The summed E-state index contributed by atoms with van der Waals surface area (Å²) in [4.78, 5) is 3.81. The predicted octanol–water partition coefficient (Wildman–Crippen LogP) is 1.85. The van der Waals surface area contributed by atoms with E-state index in [9.17, 15) is 8.78 Å². The molecule has 0 aliphatic rings. The molecule has 1 unspecified atom stereocenters. The second-order valence-corrected chi connectivity index (χ2v) is 3.71. The van der Waals surface area contributed by atoms with Crippen LogP contribution in [-0.4, -0.2) is 17.2 Å². The van der Waals surface area contributed by atoms with Crippen molar-refractivity contribution in [3.63, 3.8) is 0 Å². The van der Waals surface area contributed by atoms with Gasteiger partial charge in [-0.15, -0.1) is 0 Å². The molecular weight excluding hydrogens is 209 g/mol. The van der Waals surface area contributed by atoms with E-state index in [1.165, 1.54) is 16.8 Å². The molecule has 0 saturated heterocycles. The maximum atomic E-state index is 13.8. The number of alkyl halides is 1. The first kappa shape index (κ1) is 10.9. The molecule has 0 bridgehead atoms. The minimum absolute atomic E-state index is 0.0631. The summed E-state index contributed by atoms with van der Waals surface area (Å²) >= 11 is 0. The largest absolute Gasteiger partial charge is 0.299 e. The predicted molar refractivity (Wildman–Crippen MR) is 59.2 cm³/mol.